The molecule has 0 saturated carbocycles. The van der Waals surface area contributed by atoms with Crippen LogP contribution >= 0.6 is 23.2 Å². The van der Waals surface area contributed by atoms with E-state index in [1.165, 1.54) is 0 Å². The van der Waals surface area contributed by atoms with Crippen molar-refractivity contribution in [3.63, 3.8) is 0 Å². The first-order valence-electron chi connectivity index (χ1n) is 4.46. The minimum absolute atomic E-state index is 0.489. The molecule has 0 spiro atoms. The second-order valence-corrected chi connectivity index (χ2v) is 3.84. The minimum atomic E-state index is -1.55. The molecule has 0 aromatic heterocycles. The van der Waals surface area contributed by atoms with E-state index in [-0.39, 0.29) is 0 Å². The van der Waals surface area contributed by atoms with Gasteiger partial charge in [-0.15, -0.1) is 0 Å². The van der Waals surface area contributed by atoms with Crippen molar-refractivity contribution in [2.24, 2.45) is 0 Å². The number of carbonyl (C=O) groups is 4. The summed E-state index contributed by atoms with van der Waals surface area (Å²) >= 11 is 10.3. The van der Waals surface area contributed by atoms with Gasteiger partial charge in [0.2, 0.25) is 11.3 Å². The predicted octanol–water partition coefficient (Wildman–Crippen LogP) is 0.771. The van der Waals surface area contributed by atoms with Crippen molar-refractivity contribution >= 4 is 45.6 Å². The average Bonchev–Trinajstić information content (AvgIpc) is 2.10. The molecule has 0 N–H and O–H groups in total. The van der Waals surface area contributed by atoms with E-state index in [0.717, 1.165) is 13.8 Å². The van der Waals surface area contributed by atoms with Crippen LogP contribution in [0.25, 0.3) is 0 Å². The molecule has 0 bridgehead atoms. The Labute approximate surface area is 107 Å². The van der Waals surface area contributed by atoms with Crippen LogP contribution in [0.15, 0.2) is 0 Å². The van der Waals surface area contributed by atoms with Gasteiger partial charge in [0.15, 0.2) is 6.10 Å². The molecule has 2 unspecified atom stereocenters. The summed E-state index contributed by atoms with van der Waals surface area (Å²) in [6.07, 6.45) is -3.37. The van der Waals surface area contributed by atoms with Crippen LogP contribution in [0.5, 0.6) is 0 Å². The topological polar surface area (TPSA) is 86.7 Å². The van der Waals surface area contributed by atoms with E-state index in [0.29, 0.717) is 0 Å². The Bertz CT molecular complexity index is 324. The van der Waals surface area contributed by atoms with Crippen molar-refractivity contribution in [1.29, 1.82) is 0 Å². The van der Waals surface area contributed by atoms with Crippen LogP contribution in [0.3, 0.4) is 0 Å². The van der Waals surface area contributed by atoms with Gasteiger partial charge in [-0.1, -0.05) is 0 Å². The molecule has 0 rings (SSSR count). The molecule has 96 valence electrons. The summed E-state index contributed by atoms with van der Waals surface area (Å²) in [6.45, 7) is 2.11. The summed E-state index contributed by atoms with van der Waals surface area (Å²) in [5.41, 5.74) is 0. The molecule has 0 aromatic carbocycles. The zero-order chi connectivity index (χ0) is 13.6. The largest absolute Gasteiger partial charge is 0.458 e. The van der Waals surface area contributed by atoms with E-state index in [1.54, 1.807) is 0 Å². The highest BCUT2D eigenvalue weighted by Gasteiger charge is 2.34. The second-order valence-electron chi connectivity index (χ2n) is 3.04. The first-order valence-corrected chi connectivity index (χ1v) is 5.21. The van der Waals surface area contributed by atoms with Gasteiger partial charge in [0.1, 0.15) is 0 Å². The van der Waals surface area contributed by atoms with E-state index in [9.17, 15) is 19.2 Å². The summed E-state index contributed by atoms with van der Waals surface area (Å²) in [5.74, 6) is -1.56. The molecule has 0 aliphatic carbocycles. The molecule has 8 heteroatoms. The number of carbonyl (C=O) groups excluding carboxylic acids is 4. The molecular weight excluding hydrogens is 275 g/mol. The van der Waals surface area contributed by atoms with Crippen molar-refractivity contribution in [2.75, 3.05) is 0 Å². The molecule has 0 radical (unpaired) electrons. The maximum absolute atomic E-state index is 11.0. The first kappa shape index (κ1) is 15.9. The number of rotatable bonds is 6. The lowest BCUT2D eigenvalue weighted by Crippen LogP contribution is -2.39. The Balaban J connectivity index is 4.91. The van der Waals surface area contributed by atoms with Gasteiger partial charge in [0.25, 0.3) is 5.24 Å². The first-order chi connectivity index (χ1) is 7.73. The summed E-state index contributed by atoms with van der Waals surface area (Å²) in [4.78, 5) is 43.3. The minimum Gasteiger partial charge on any atom is -0.458 e. The van der Waals surface area contributed by atoms with Gasteiger partial charge in [-0.05, 0) is 23.2 Å². The van der Waals surface area contributed by atoms with Crippen molar-refractivity contribution in [1.82, 2.24) is 0 Å². The highest BCUT2D eigenvalue weighted by molar-refractivity contribution is 6.65. The lowest BCUT2D eigenvalue weighted by molar-refractivity contribution is -0.168. The molecular formula is C9H10Cl2O6. The molecule has 0 fully saturated rings. The fraction of sp³-hybridized carbons (Fsp3) is 0.556. The third-order valence-corrected chi connectivity index (χ3v) is 1.90. The van der Waals surface area contributed by atoms with Crippen molar-refractivity contribution < 1.29 is 28.7 Å². The zero-order valence-corrected chi connectivity index (χ0v) is 10.6. The SMILES string of the molecule is CC(=O)OC(CC(=O)Cl)C(OC(C)=O)C(=O)Cl. The van der Waals surface area contributed by atoms with Gasteiger partial charge in [-0.2, -0.15) is 0 Å². The van der Waals surface area contributed by atoms with Gasteiger partial charge < -0.3 is 9.47 Å². The Kier molecular flexibility index (Phi) is 6.75. The molecule has 0 saturated heterocycles. The second kappa shape index (κ2) is 7.24. The third kappa shape index (κ3) is 6.91. The van der Waals surface area contributed by atoms with Crippen LogP contribution in [-0.4, -0.2) is 34.6 Å². The lowest BCUT2D eigenvalue weighted by Gasteiger charge is -2.22. The van der Waals surface area contributed by atoms with E-state index >= 15 is 0 Å². The molecule has 0 aromatic rings. The molecule has 0 amide bonds. The monoisotopic (exact) mass is 284 g/mol. The van der Waals surface area contributed by atoms with Crippen LogP contribution in [0.1, 0.15) is 20.3 Å². The van der Waals surface area contributed by atoms with E-state index in [4.69, 9.17) is 23.2 Å². The Morgan fingerprint density at radius 3 is 1.76 bits per heavy atom. The maximum atomic E-state index is 11.0. The highest BCUT2D eigenvalue weighted by Crippen LogP contribution is 2.14. The quantitative estimate of drug-likeness (QED) is 0.529. The van der Waals surface area contributed by atoms with Gasteiger partial charge in [0.05, 0.1) is 6.42 Å². The Morgan fingerprint density at radius 2 is 1.47 bits per heavy atom. The van der Waals surface area contributed by atoms with E-state index in [1.807, 2.05) is 0 Å². The smallest absolute Gasteiger partial charge is 0.303 e. The molecule has 2 atom stereocenters. The third-order valence-electron chi connectivity index (χ3n) is 1.53. The number of esters is 2. The lowest BCUT2D eigenvalue weighted by atomic mass is 10.1. The fourth-order valence-corrected chi connectivity index (χ4v) is 1.37. The molecule has 0 aliphatic heterocycles. The Hall–Kier alpha value is -1.14. The van der Waals surface area contributed by atoms with Crippen molar-refractivity contribution in [2.45, 2.75) is 32.5 Å². The molecule has 0 heterocycles. The normalized spacial score (nSPS) is 13.4. The van der Waals surface area contributed by atoms with Gasteiger partial charge in [0, 0.05) is 13.8 Å². The van der Waals surface area contributed by atoms with Crippen LogP contribution in [-0.2, 0) is 28.7 Å². The summed E-state index contributed by atoms with van der Waals surface area (Å²) < 4.78 is 9.23. The number of halogens is 2. The van der Waals surface area contributed by atoms with Gasteiger partial charge in [-0.3, -0.25) is 19.2 Å². The van der Waals surface area contributed by atoms with Crippen LogP contribution < -0.4 is 0 Å². The fourth-order valence-electron chi connectivity index (χ4n) is 1.03. The van der Waals surface area contributed by atoms with E-state index < -0.39 is 41.1 Å². The van der Waals surface area contributed by atoms with Crippen LogP contribution in [0.2, 0.25) is 0 Å². The molecule has 0 aliphatic rings. The summed E-state index contributed by atoms with van der Waals surface area (Å²) in [7, 11) is 0. The van der Waals surface area contributed by atoms with Gasteiger partial charge in [-0.25, -0.2) is 0 Å². The van der Waals surface area contributed by atoms with Gasteiger partial charge >= 0.3 is 11.9 Å². The molecule has 17 heavy (non-hydrogen) atoms. The van der Waals surface area contributed by atoms with Crippen molar-refractivity contribution in [3.8, 4) is 0 Å². The average molecular weight is 285 g/mol. The predicted molar refractivity (Wildman–Crippen MR) is 57.4 cm³/mol. The number of hydrogen-bond acceptors (Lipinski definition) is 6. The number of ether oxygens (including phenoxy) is 2. The summed E-state index contributed by atoms with van der Waals surface area (Å²) in [6, 6.07) is 0. The number of hydrogen-bond donors (Lipinski definition) is 0. The van der Waals surface area contributed by atoms with Crippen molar-refractivity contribution in [3.05, 3.63) is 0 Å². The molecule has 6 nitrogen and oxygen atoms in total. The highest BCUT2D eigenvalue weighted by atomic mass is 35.5. The Morgan fingerprint density at radius 1 is 1.00 bits per heavy atom. The van der Waals surface area contributed by atoms with Crippen LogP contribution in [0.4, 0.5) is 0 Å². The maximum Gasteiger partial charge on any atom is 0.303 e. The van der Waals surface area contributed by atoms with E-state index in [2.05, 4.69) is 9.47 Å². The summed E-state index contributed by atoms with van der Waals surface area (Å²) in [5, 5.41) is -1.92. The standard InChI is InChI=1S/C9H10Cl2O6/c1-4(12)16-6(3-7(10)14)8(9(11)15)17-5(2)13/h6,8H,3H2,1-2H3. The zero-order valence-electron chi connectivity index (χ0n) is 9.07. The van der Waals surface area contributed by atoms with Crippen LogP contribution in [0, 0.1) is 0 Å².